The number of rotatable bonds is 4. The first-order valence-corrected chi connectivity index (χ1v) is 8.56. The summed E-state index contributed by atoms with van der Waals surface area (Å²) in [5, 5.41) is 25.2. The van der Waals surface area contributed by atoms with Gasteiger partial charge in [0.2, 0.25) is 0 Å². The topological polar surface area (TPSA) is 86.3 Å². The van der Waals surface area contributed by atoms with Crippen LogP contribution in [0.25, 0.3) is 33.7 Å². The van der Waals surface area contributed by atoms with Gasteiger partial charge in [0.25, 0.3) is 11.4 Å². The number of hydrogen-bond donors (Lipinski definition) is 0. The van der Waals surface area contributed by atoms with Crippen LogP contribution in [0.15, 0.2) is 72.8 Å². The maximum Gasteiger partial charge on any atom is 0.277 e. The molecule has 0 aliphatic carbocycles. The molecular formula is C22H14N2O4. The van der Waals surface area contributed by atoms with E-state index in [2.05, 4.69) is 0 Å². The van der Waals surface area contributed by atoms with E-state index in [4.69, 9.17) is 0 Å². The summed E-state index contributed by atoms with van der Waals surface area (Å²) in [4.78, 5) is 21.8. The summed E-state index contributed by atoms with van der Waals surface area (Å²) in [6, 6.07) is 20.8. The molecule has 0 aliphatic heterocycles. The van der Waals surface area contributed by atoms with Crippen molar-refractivity contribution in [2.24, 2.45) is 0 Å². The fraction of sp³-hybridized carbons (Fsp3) is 0. The van der Waals surface area contributed by atoms with Gasteiger partial charge in [-0.2, -0.15) is 0 Å². The van der Waals surface area contributed by atoms with Crippen LogP contribution in [0, 0.1) is 20.2 Å². The van der Waals surface area contributed by atoms with Crippen LogP contribution in [0.2, 0.25) is 0 Å². The Kier molecular flexibility index (Phi) is 4.29. The minimum absolute atomic E-state index is 0.0635. The third-order valence-corrected chi connectivity index (χ3v) is 4.70. The molecule has 0 bridgehead atoms. The van der Waals surface area contributed by atoms with Gasteiger partial charge in [-0.3, -0.25) is 20.2 Å². The lowest BCUT2D eigenvalue weighted by Gasteiger charge is -2.05. The zero-order valence-electron chi connectivity index (χ0n) is 14.6. The minimum Gasteiger partial charge on any atom is -0.258 e. The molecule has 4 aromatic rings. The molecule has 6 heteroatoms. The fourth-order valence-electron chi connectivity index (χ4n) is 3.42. The van der Waals surface area contributed by atoms with E-state index in [0.29, 0.717) is 10.8 Å². The highest BCUT2D eigenvalue weighted by Gasteiger charge is 2.13. The predicted molar refractivity (Wildman–Crippen MR) is 110 cm³/mol. The van der Waals surface area contributed by atoms with Gasteiger partial charge < -0.3 is 0 Å². The van der Waals surface area contributed by atoms with Gasteiger partial charge in [-0.15, -0.1) is 0 Å². The normalized spacial score (nSPS) is 11.3. The summed E-state index contributed by atoms with van der Waals surface area (Å²) in [5.74, 6) is 0. The van der Waals surface area contributed by atoms with Crippen LogP contribution >= 0.6 is 0 Å². The maximum absolute atomic E-state index is 11.3. The smallest absolute Gasteiger partial charge is 0.258 e. The van der Waals surface area contributed by atoms with E-state index in [9.17, 15) is 20.2 Å². The SMILES string of the molecule is O=[N+]([O-])c1cccc2c(C=Cc3cccc4c([N+](=O)[O-])cccc34)cccc12. The second-order valence-corrected chi connectivity index (χ2v) is 6.29. The Morgan fingerprint density at radius 3 is 1.29 bits per heavy atom. The van der Waals surface area contributed by atoms with Crippen molar-refractivity contribution in [1.29, 1.82) is 0 Å². The second kappa shape index (κ2) is 6.92. The molecule has 0 aliphatic rings. The molecule has 0 spiro atoms. The van der Waals surface area contributed by atoms with E-state index < -0.39 is 0 Å². The van der Waals surface area contributed by atoms with Crippen LogP contribution < -0.4 is 0 Å². The zero-order chi connectivity index (χ0) is 19.7. The van der Waals surface area contributed by atoms with Crippen LogP contribution in [0.1, 0.15) is 11.1 Å². The first kappa shape index (κ1) is 17.4. The average molecular weight is 370 g/mol. The van der Waals surface area contributed by atoms with Gasteiger partial charge >= 0.3 is 0 Å². The molecule has 136 valence electrons. The summed E-state index contributed by atoms with van der Waals surface area (Å²) in [5.41, 5.74) is 1.80. The van der Waals surface area contributed by atoms with E-state index >= 15 is 0 Å². The Hall–Kier alpha value is -4.06. The third-order valence-electron chi connectivity index (χ3n) is 4.70. The van der Waals surface area contributed by atoms with Crippen LogP contribution in [0.4, 0.5) is 11.4 Å². The number of hydrogen-bond acceptors (Lipinski definition) is 4. The predicted octanol–water partition coefficient (Wildman–Crippen LogP) is 5.98. The molecule has 0 saturated heterocycles. The quantitative estimate of drug-likeness (QED) is 0.251. The van der Waals surface area contributed by atoms with E-state index in [0.717, 1.165) is 21.9 Å². The van der Waals surface area contributed by atoms with Crippen LogP contribution in [-0.2, 0) is 0 Å². The number of nitro groups is 2. The van der Waals surface area contributed by atoms with Gasteiger partial charge in [-0.25, -0.2) is 0 Å². The van der Waals surface area contributed by atoms with E-state index in [1.807, 2.05) is 36.4 Å². The number of fused-ring (bicyclic) bond motifs is 2. The highest BCUT2D eigenvalue weighted by atomic mass is 16.6. The van der Waals surface area contributed by atoms with Gasteiger partial charge in [-0.05, 0) is 34.0 Å². The molecule has 6 nitrogen and oxygen atoms in total. The Morgan fingerprint density at radius 2 is 0.893 bits per heavy atom. The summed E-state index contributed by atoms with van der Waals surface area (Å²) >= 11 is 0. The second-order valence-electron chi connectivity index (χ2n) is 6.29. The van der Waals surface area contributed by atoms with Crippen LogP contribution in [-0.4, -0.2) is 9.85 Å². The number of benzene rings is 4. The van der Waals surface area contributed by atoms with Gasteiger partial charge in [0.15, 0.2) is 0 Å². The van der Waals surface area contributed by atoms with Gasteiger partial charge in [0.05, 0.1) is 20.6 Å². The Bertz CT molecular complexity index is 1180. The van der Waals surface area contributed by atoms with E-state index in [1.54, 1.807) is 36.4 Å². The summed E-state index contributed by atoms with van der Waals surface area (Å²) in [6.07, 6.45) is 3.75. The largest absolute Gasteiger partial charge is 0.277 e. The molecule has 4 aromatic carbocycles. The van der Waals surface area contributed by atoms with Gasteiger partial charge in [0, 0.05) is 12.1 Å². The molecule has 0 atom stereocenters. The monoisotopic (exact) mass is 370 g/mol. The molecule has 0 unspecified atom stereocenters. The van der Waals surface area contributed by atoms with Crippen molar-refractivity contribution in [1.82, 2.24) is 0 Å². The van der Waals surface area contributed by atoms with Crippen molar-refractivity contribution < 1.29 is 9.85 Å². The standard InChI is InChI=1S/C22H14N2O4/c25-23(26)21-11-3-7-17-15(5-1-9-19(17)21)13-14-16-6-2-10-20-18(16)8-4-12-22(20)24(27)28/h1-14H. The number of nitro benzene ring substituents is 2. The lowest BCUT2D eigenvalue weighted by atomic mass is 10.00. The van der Waals surface area contributed by atoms with Crippen molar-refractivity contribution in [3.63, 3.8) is 0 Å². The molecule has 0 radical (unpaired) electrons. The first-order valence-electron chi connectivity index (χ1n) is 8.56. The van der Waals surface area contributed by atoms with Crippen molar-refractivity contribution in [2.75, 3.05) is 0 Å². The molecule has 0 fully saturated rings. The summed E-state index contributed by atoms with van der Waals surface area (Å²) < 4.78 is 0. The lowest BCUT2D eigenvalue weighted by molar-refractivity contribution is -0.383. The average Bonchev–Trinajstić information content (AvgIpc) is 2.71. The molecule has 28 heavy (non-hydrogen) atoms. The van der Waals surface area contributed by atoms with Crippen molar-refractivity contribution in [2.45, 2.75) is 0 Å². The van der Waals surface area contributed by atoms with Crippen LogP contribution in [0.5, 0.6) is 0 Å². The minimum atomic E-state index is -0.389. The fourth-order valence-corrected chi connectivity index (χ4v) is 3.42. The molecule has 4 rings (SSSR count). The lowest BCUT2D eigenvalue weighted by Crippen LogP contribution is -1.90. The molecule has 0 amide bonds. The Balaban J connectivity index is 1.85. The molecule has 0 aromatic heterocycles. The van der Waals surface area contributed by atoms with E-state index in [1.165, 1.54) is 12.1 Å². The van der Waals surface area contributed by atoms with E-state index in [-0.39, 0.29) is 21.2 Å². The van der Waals surface area contributed by atoms with Crippen LogP contribution in [0.3, 0.4) is 0 Å². The zero-order valence-corrected chi connectivity index (χ0v) is 14.6. The van der Waals surface area contributed by atoms with Crippen molar-refractivity contribution >= 4 is 45.1 Å². The molecule has 0 N–H and O–H groups in total. The Morgan fingerprint density at radius 1 is 0.536 bits per heavy atom. The first-order chi connectivity index (χ1) is 13.6. The number of non-ortho nitro benzene ring substituents is 2. The number of nitrogens with zero attached hydrogens (tertiary/aromatic N) is 2. The summed E-state index contributed by atoms with van der Waals surface area (Å²) in [6.45, 7) is 0. The Labute approximate surface area is 159 Å². The molecular weight excluding hydrogens is 356 g/mol. The highest BCUT2D eigenvalue weighted by molar-refractivity contribution is 6.01. The third kappa shape index (κ3) is 2.97. The van der Waals surface area contributed by atoms with Gasteiger partial charge in [0.1, 0.15) is 0 Å². The highest BCUT2D eigenvalue weighted by Crippen LogP contribution is 2.31. The van der Waals surface area contributed by atoms with Crippen molar-refractivity contribution in [3.8, 4) is 0 Å². The molecule has 0 saturated carbocycles. The summed E-state index contributed by atoms with van der Waals surface area (Å²) in [7, 11) is 0. The molecule has 0 heterocycles. The van der Waals surface area contributed by atoms with Crippen molar-refractivity contribution in [3.05, 3.63) is 104 Å². The van der Waals surface area contributed by atoms with Gasteiger partial charge in [-0.1, -0.05) is 60.7 Å². The maximum atomic E-state index is 11.3.